The first-order valence-corrected chi connectivity index (χ1v) is 14.7. The summed E-state index contributed by atoms with van der Waals surface area (Å²) in [5, 5.41) is 16.7. The van der Waals surface area contributed by atoms with Crippen molar-refractivity contribution in [2.24, 2.45) is 5.11 Å². The molecular formula is C29H35N5O5S. The second-order valence-corrected chi connectivity index (χ2v) is 11.8. The lowest BCUT2D eigenvalue weighted by atomic mass is 9.84. The number of rotatable bonds is 10. The van der Waals surface area contributed by atoms with Crippen LogP contribution in [-0.2, 0) is 21.4 Å². The highest BCUT2D eigenvalue weighted by molar-refractivity contribution is 7.89. The number of hydrogen-bond acceptors (Lipinski definition) is 8. The zero-order valence-electron chi connectivity index (χ0n) is 23.1. The molecule has 212 valence electrons. The Balaban J connectivity index is 1.77. The number of carboxylic acid groups (broad SMARTS) is 1. The molecule has 3 N–H and O–H groups in total. The van der Waals surface area contributed by atoms with E-state index in [4.69, 9.17) is 10.3 Å². The van der Waals surface area contributed by atoms with Crippen molar-refractivity contribution in [1.29, 1.82) is 5.53 Å². The first kappa shape index (κ1) is 29.2. The third kappa shape index (κ3) is 5.85. The van der Waals surface area contributed by atoms with Crippen LogP contribution in [0.25, 0.3) is 0 Å². The van der Waals surface area contributed by atoms with Crippen molar-refractivity contribution in [3.05, 3.63) is 76.5 Å². The number of benzene rings is 2. The molecule has 2 unspecified atom stereocenters. The number of pyridine rings is 1. The van der Waals surface area contributed by atoms with Crippen LogP contribution < -0.4 is 10.1 Å². The smallest absolute Gasteiger partial charge is 0.304 e. The van der Waals surface area contributed by atoms with Gasteiger partial charge in [0.1, 0.15) is 16.7 Å². The zero-order chi connectivity index (χ0) is 29.0. The second kappa shape index (κ2) is 12.1. The summed E-state index contributed by atoms with van der Waals surface area (Å²) in [5.41, 5.74) is 12.8. The summed E-state index contributed by atoms with van der Waals surface area (Å²) in [7, 11) is -3.90. The van der Waals surface area contributed by atoms with E-state index in [-0.39, 0.29) is 36.4 Å². The number of sulfonamides is 1. The lowest BCUT2D eigenvalue weighted by molar-refractivity contribution is -0.137. The van der Waals surface area contributed by atoms with E-state index in [1.807, 2.05) is 58.0 Å². The van der Waals surface area contributed by atoms with E-state index in [2.05, 4.69) is 15.4 Å². The van der Waals surface area contributed by atoms with E-state index in [1.165, 1.54) is 16.6 Å². The van der Waals surface area contributed by atoms with Crippen molar-refractivity contribution in [1.82, 2.24) is 9.29 Å². The van der Waals surface area contributed by atoms with Gasteiger partial charge in [-0.1, -0.05) is 31.2 Å². The maximum atomic E-state index is 13.7. The molecule has 3 aromatic rings. The Hall–Kier alpha value is -3.83. The number of carboxylic acids is 1. The first-order chi connectivity index (χ1) is 19.1. The number of aromatic nitrogens is 1. The monoisotopic (exact) mass is 565 g/mol. The quantitative estimate of drug-likeness (QED) is 0.265. The molecular weight excluding hydrogens is 530 g/mol. The van der Waals surface area contributed by atoms with Crippen molar-refractivity contribution in [3.63, 3.8) is 0 Å². The van der Waals surface area contributed by atoms with Gasteiger partial charge in [-0.3, -0.25) is 4.79 Å². The number of nitrogens with zero attached hydrogens (tertiary/aromatic N) is 3. The van der Waals surface area contributed by atoms with Gasteiger partial charge in [0, 0.05) is 25.2 Å². The second-order valence-electron chi connectivity index (χ2n) is 9.91. The molecule has 40 heavy (non-hydrogen) atoms. The van der Waals surface area contributed by atoms with E-state index in [0.717, 1.165) is 27.8 Å². The third-order valence-electron chi connectivity index (χ3n) is 7.32. The van der Waals surface area contributed by atoms with Crippen molar-refractivity contribution in [2.45, 2.75) is 64.0 Å². The van der Waals surface area contributed by atoms with Gasteiger partial charge in [-0.15, -0.1) is 0 Å². The summed E-state index contributed by atoms with van der Waals surface area (Å²) in [6.45, 7) is 8.56. The molecule has 4 rings (SSSR count). The summed E-state index contributed by atoms with van der Waals surface area (Å²) in [6.07, 6.45) is 1.58. The molecule has 1 aliphatic rings. The van der Waals surface area contributed by atoms with E-state index < -0.39 is 21.9 Å². The Bertz CT molecular complexity index is 1530. The third-order valence-corrected chi connectivity index (χ3v) is 9.15. The highest BCUT2D eigenvalue weighted by atomic mass is 32.2. The molecule has 2 aromatic carbocycles. The minimum absolute atomic E-state index is 0.0339. The average molecular weight is 566 g/mol. The average Bonchev–Trinajstić information content (AvgIpc) is 3.03. The van der Waals surface area contributed by atoms with Gasteiger partial charge in [-0.25, -0.2) is 18.9 Å². The molecule has 0 saturated heterocycles. The Morgan fingerprint density at radius 2 is 2.02 bits per heavy atom. The number of fused-ring (bicyclic) bond motifs is 1. The number of carbonyl (C=O) groups is 1. The van der Waals surface area contributed by atoms with Crippen molar-refractivity contribution >= 4 is 27.4 Å². The fraction of sp³-hybridized carbons (Fsp3) is 0.379. The van der Waals surface area contributed by atoms with E-state index in [1.54, 1.807) is 6.07 Å². The topological polar surface area (TPSA) is 145 Å². The van der Waals surface area contributed by atoms with Crippen LogP contribution in [-0.4, -0.2) is 48.0 Å². The number of anilines is 1. The summed E-state index contributed by atoms with van der Waals surface area (Å²) < 4.78 is 34.7. The molecule has 1 aliphatic heterocycles. The number of nitrogens with one attached hydrogen (secondary N) is 2. The van der Waals surface area contributed by atoms with Gasteiger partial charge < -0.3 is 15.2 Å². The van der Waals surface area contributed by atoms with Gasteiger partial charge in [-0.05, 0) is 73.2 Å². The summed E-state index contributed by atoms with van der Waals surface area (Å²) in [6, 6.07) is 12.5. The van der Waals surface area contributed by atoms with Gasteiger partial charge in [0.05, 0.1) is 18.7 Å². The fourth-order valence-electron chi connectivity index (χ4n) is 5.10. The SMILES string of the molecule is CCNc1ccc(C(CC(=O)O)c2ccc(C)c(CN3CC(CC)Oc4ncccc4S3(=O)=O)c2)c(C)c1N=N. The summed E-state index contributed by atoms with van der Waals surface area (Å²) >= 11 is 0. The zero-order valence-corrected chi connectivity index (χ0v) is 24.0. The van der Waals surface area contributed by atoms with Gasteiger partial charge >= 0.3 is 5.97 Å². The number of aryl methyl sites for hydroxylation is 1. The lowest BCUT2D eigenvalue weighted by Gasteiger charge is -2.25. The highest BCUT2D eigenvalue weighted by Gasteiger charge is 2.35. The van der Waals surface area contributed by atoms with Crippen LogP contribution in [0.1, 0.15) is 60.4 Å². The lowest BCUT2D eigenvalue weighted by Crippen LogP contribution is -2.36. The Morgan fingerprint density at radius 1 is 1.25 bits per heavy atom. The normalized spacial score (nSPS) is 17.2. The van der Waals surface area contributed by atoms with Crippen LogP contribution in [0.3, 0.4) is 0 Å². The molecule has 10 nitrogen and oxygen atoms in total. The molecule has 0 amide bonds. The Labute approximate surface area is 235 Å². The number of ether oxygens (including phenoxy) is 1. The van der Waals surface area contributed by atoms with Gasteiger partial charge in [-0.2, -0.15) is 9.42 Å². The molecule has 2 heterocycles. The number of hydrogen-bond donors (Lipinski definition) is 3. The first-order valence-electron chi connectivity index (χ1n) is 13.3. The predicted molar refractivity (Wildman–Crippen MR) is 152 cm³/mol. The summed E-state index contributed by atoms with van der Waals surface area (Å²) in [5.74, 6) is -1.38. The molecule has 0 aliphatic carbocycles. The van der Waals surface area contributed by atoms with E-state index in [9.17, 15) is 18.3 Å². The van der Waals surface area contributed by atoms with Crippen LogP contribution in [0, 0.1) is 19.4 Å². The molecule has 1 aromatic heterocycles. The van der Waals surface area contributed by atoms with Crippen LogP contribution in [0.15, 0.2) is 58.7 Å². The van der Waals surface area contributed by atoms with Crippen LogP contribution >= 0.6 is 0 Å². The maximum Gasteiger partial charge on any atom is 0.304 e. The van der Waals surface area contributed by atoms with Crippen molar-refractivity contribution in [3.8, 4) is 5.88 Å². The highest BCUT2D eigenvalue weighted by Crippen LogP contribution is 2.39. The van der Waals surface area contributed by atoms with E-state index >= 15 is 0 Å². The predicted octanol–water partition coefficient (Wildman–Crippen LogP) is 5.76. The Kier molecular flexibility index (Phi) is 8.85. The molecule has 0 fully saturated rings. The summed E-state index contributed by atoms with van der Waals surface area (Å²) in [4.78, 5) is 16.2. The van der Waals surface area contributed by atoms with Crippen molar-refractivity contribution in [2.75, 3.05) is 18.4 Å². The molecule has 0 radical (unpaired) electrons. The molecule has 11 heteroatoms. The van der Waals surface area contributed by atoms with Gasteiger partial charge in [0.25, 0.3) is 0 Å². The fourth-order valence-corrected chi connectivity index (χ4v) is 6.62. The van der Waals surface area contributed by atoms with Gasteiger partial charge in [0.2, 0.25) is 15.9 Å². The molecule has 0 bridgehead atoms. The standard InChI is InChI=1S/C29H35N5O5S/c1-5-22-17-34(40(37,38)26-8-7-13-32-29(26)39-22)16-21-14-20(10-9-18(21)3)24(15-27(35)36)23-11-12-25(31-6-2)28(33-30)19(23)4/h7-14,22,24,30-31H,5-6,15-17H2,1-4H3,(H,35,36). The number of aliphatic carboxylic acids is 1. The van der Waals surface area contributed by atoms with Crippen LogP contribution in [0.2, 0.25) is 0 Å². The minimum Gasteiger partial charge on any atom is -0.481 e. The minimum atomic E-state index is -3.90. The molecule has 0 spiro atoms. The largest absolute Gasteiger partial charge is 0.481 e. The molecule has 2 atom stereocenters. The molecule has 0 saturated carbocycles. The van der Waals surface area contributed by atoms with E-state index in [0.29, 0.717) is 24.3 Å². The van der Waals surface area contributed by atoms with Crippen LogP contribution in [0.5, 0.6) is 5.88 Å². The Morgan fingerprint density at radius 3 is 2.70 bits per heavy atom. The van der Waals surface area contributed by atoms with Gasteiger partial charge in [0.15, 0.2) is 0 Å². The maximum absolute atomic E-state index is 13.7. The van der Waals surface area contributed by atoms with Crippen molar-refractivity contribution < 1.29 is 23.1 Å². The van der Waals surface area contributed by atoms with Crippen LogP contribution in [0.4, 0.5) is 11.4 Å².